The fraction of sp³-hybridized carbons (Fsp3) is 0.650. The Balaban J connectivity index is 1.96. The van der Waals surface area contributed by atoms with Crippen LogP contribution in [0.1, 0.15) is 58.6 Å². The van der Waals surface area contributed by atoms with Crippen molar-refractivity contribution < 1.29 is 14.3 Å². The first kappa shape index (κ1) is 19.6. The lowest BCUT2D eigenvalue weighted by atomic mass is 10.00. The Morgan fingerprint density at radius 3 is 2.56 bits per heavy atom. The zero-order valence-electron chi connectivity index (χ0n) is 16.2. The van der Waals surface area contributed by atoms with Crippen molar-refractivity contribution in [2.45, 2.75) is 64.6 Å². The van der Waals surface area contributed by atoms with Gasteiger partial charge in [-0.3, -0.25) is 0 Å². The zero-order valence-corrected chi connectivity index (χ0v) is 16.2. The quantitative estimate of drug-likeness (QED) is 0.869. The van der Waals surface area contributed by atoms with E-state index in [1.54, 1.807) is 7.11 Å². The van der Waals surface area contributed by atoms with Crippen LogP contribution in [0.15, 0.2) is 24.3 Å². The number of carbonyl (C=O) groups is 1. The van der Waals surface area contributed by atoms with E-state index in [4.69, 9.17) is 9.47 Å². The van der Waals surface area contributed by atoms with Crippen LogP contribution in [0.4, 0.5) is 4.79 Å². The number of rotatable bonds is 5. The predicted octanol–water partition coefficient (Wildman–Crippen LogP) is 4.14. The number of hydrogen-bond donors (Lipinski definition) is 1. The molecule has 0 spiro atoms. The monoisotopic (exact) mass is 348 g/mol. The van der Waals surface area contributed by atoms with Gasteiger partial charge in [0.25, 0.3) is 0 Å². The first-order chi connectivity index (χ1) is 11.8. The van der Waals surface area contributed by atoms with Gasteiger partial charge in [-0.25, -0.2) is 4.79 Å². The lowest BCUT2D eigenvalue weighted by Crippen LogP contribution is -2.50. The van der Waals surface area contributed by atoms with Gasteiger partial charge in [-0.1, -0.05) is 19.1 Å². The Labute approximate surface area is 151 Å². The second-order valence-corrected chi connectivity index (χ2v) is 7.67. The molecule has 0 aliphatic carbocycles. The van der Waals surface area contributed by atoms with Crippen LogP contribution in [0, 0.1) is 0 Å². The third kappa shape index (κ3) is 5.92. The van der Waals surface area contributed by atoms with Gasteiger partial charge in [0, 0.05) is 25.2 Å². The normalized spacial score (nSPS) is 19.4. The minimum atomic E-state index is -0.452. The van der Waals surface area contributed by atoms with Gasteiger partial charge in [0.05, 0.1) is 7.11 Å². The molecule has 2 atom stereocenters. The summed E-state index contributed by atoms with van der Waals surface area (Å²) in [6, 6.07) is 8.76. The first-order valence-electron chi connectivity index (χ1n) is 9.20. The van der Waals surface area contributed by atoms with Gasteiger partial charge in [0.15, 0.2) is 0 Å². The summed E-state index contributed by atoms with van der Waals surface area (Å²) < 4.78 is 10.7. The summed E-state index contributed by atoms with van der Waals surface area (Å²) in [4.78, 5) is 14.1. The van der Waals surface area contributed by atoms with Crippen molar-refractivity contribution in [1.82, 2.24) is 10.2 Å². The SMILES string of the molecule is CCC(NC1CCCN(C(=O)OC(C)(C)C)C1)c1ccc(OC)cc1. The van der Waals surface area contributed by atoms with Crippen molar-refractivity contribution in [2.75, 3.05) is 20.2 Å². The maximum absolute atomic E-state index is 12.3. The number of likely N-dealkylation sites (tertiary alicyclic amines) is 1. The van der Waals surface area contributed by atoms with Crippen molar-refractivity contribution in [3.8, 4) is 5.75 Å². The molecule has 1 aromatic rings. The molecule has 25 heavy (non-hydrogen) atoms. The molecule has 140 valence electrons. The average Bonchev–Trinajstić information content (AvgIpc) is 2.58. The van der Waals surface area contributed by atoms with Crippen LogP contribution in [-0.2, 0) is 4.74 Å². The van der Waals surface area contributed by atoms with Gasteiger partial charge in [-0.2, -0.15) is 0 Å². The largest absolute Gasteiger partial charge is 0.497 e. The summed E-state index contributed by atoms with van der Waals surface area (Å²) >= 11 is 0. The molecule has 0 bridgehead atoms. The van der Waals surface area contributed by atoms with Crippen molar-refractivity contribution in [1.29, 1.82) is 0 Å². The number of piperidine rings is 1. The molecule has 1 saturated heterocycles. The molecular weight excluding hydrogens is 316 g/mol. The predicted molar refractivity (Wildman–Crippen MR) is 100.0 cm³/mol. The Hall–Kier alpha value is -1.75. The van der Waals surface area contributed by atoms with Gasteiger partial charge in [-0.05, 0) is 57.7 Å². The van der Waals surface area contributed by atoms with E-state index >= 15 is 0 Å². The second-order valence-electron chi connectivity index (χ2n) is 7.67. The third-order valence-electron chi connectivity index (χ3n) is 4.44. The summed E-state index contributed by atoms with van der Waals surface area (Å²) in [6.45, 7) is 9.36. The highest BCUT2D eigenvalue weighted by atomic mass is 16.6. The average molecular weight is 348 g/mol. The van der Waals surface area contributed by atoms with E-state index in [0.29, 0.717) is 6.54 Å². The highest BCUT2D eigenvalue weighted by Crippen LogP contribution is 2.23. The lowest BCUT2D eigenvalue weighted by molar-refractivity contribution is 0.0183. The number of carbonyl (C=O) groups excluding carboxylic acids is 1. The number of methoxy groups -OCH3 is 1. The van der Waals surface area contributed by atoms with Crippen molar-refractivity contribution in [3.63, 3.8) is 0 Å². The molecule has 1 aliphatic rings. The summed E-state index contributed by atoms with van der Waals surface area (Å²) in [5.74, 6) is 0.868. The molecule has 2 rings (SSSR count). The molecule has 5 nitrogen and oxygen atoms in total. The topological polar surface area (TPSA) is 50.8 Å². The minimum Gasteiger partial charge on any atom is -0.497 e. The van der Waals surface area contributed by atoms with Crippen LogP contribution in [0.25, 0.3) is 0 Å². The van der Waals surface area contributed by atoms with Crippen LogP contribution in [0.2, 0.25) is 0 Å². The Morgan fingerprint density at radius 1 is 1.32 bits per heavy atom. The Kier molecular flexibility index (Phi) is 6.71. The molecule has 0 saturated carbocycles. The highest BCUT2D eigenvalue weighted by molar-refractivity contribution is 5.68. The van der Waals surface area contributed by atoms with Gasteiger partial charge < -0.3 is 19.7 Å². The van der Waals surface area contributed by atoms with Crippen molar-refractivity contribution in [3.05, 3.63) is 29.8 Å². The number of hydrogen-bond acceptors (Lipinski definition) is 4. The maximum atomic E-state index is 12.3. The van der Waals surface area contributed by atoms with Gasteiger partial charge in [0.1, 0.15) is 11.4 Å². The maximum Gasteiger partial charge on any atom is 0.410 e. The number of benzene rings is 1. The number of nitrogens with zero attached hydrogens (tertiary/aromatic N) is 1. The van der Waals surface area contributed by atoms with E-state index < -0.39 is 5.60 Å². The first-order valence-corrected chi connectivity index (χ1v) is 9.20. The summed E-state index contributed by atoms with van der Waals surface area (Å²) in [6.07, 6.45) is 2.86. The van der Waals surface area contributed by atoms with E-state index in [0.717, 1.165) is 31.6 Å². The highest BCUT2D eigenvalue weighted by Gasteiger charge is 2.28. The molecule has 1 amide bonds. The van der Waals surface area contributed by atoms with Crippen LogP contribution >= 0.6 is 0 Å². The van der Waals surface area contributed by atoms with Gasteiger partial charge in [0.2, 0.25) is 0 Å². The minimum absolute atomic E-state index is 0.212. The number of amides is 1. The molecule has 2 unspecified atom stereocenters. The van der Waals surface area contributed by atoms with Crippen LogP contribution < -0.4 is 10.1 Å². The molecule has 0 aromatic heterocycles. The van der Waals surface area contributed by atoms with Crippen molar-refractivity contribution in [2.24, 2.45) is 0 Å². The second kappa shape index (κ2) is 8.56. The number of nitrogens with one attached hydrogen (secondary N) is 1. The molecule has 1 heterocycles. The summed E-state index contributed by atoms with van der Waals surface area (Å²) in [5.41, 5.74) is 0.796. The molecular formula is C20H32N2O3. The molecule has 1 N–H and O–H groups in total. The molecule has 1 fully saturated rings. The van der Waals surface area contributed by atoms with E-state index in [1.807, 2.05) is 37.8 Å². The van der Waals surface area contributed by atoms with Crippen LogP contribution in [0.3, 0.4) is 0 Å². The fourth-order valence-electron chi connectivity index (χ4n) is 3.18. The van der Waals surface area contributed by atoms with Crippen LogP contribution in [0.5, 0.6) is 5.75 Å². The van der Waals surface area contributed by atoms with E-state index in [-0.39, 0.29) is 18.2 Å². The van der Waals surface area contributed by atoms with E-state index in [9.17, 15) is 4.79 Å². The standard InChI is InChI=1S/C20H32N2O3/c1-6-18(15-9-11-17(24-5)12-10-15)21-16-8-7-13-22(14-16)19(23)25-20(2,3)4/h9-12,16,18,21H,6-8,13-14H2,1-5H3. The van der Waals surface area contributed by atoms with E-state index in [1.165, 1.54) is 5.56 Å². The molecule has 1 aliphatic heterocycles. The van der Waals surface area contributed by atoms with Crippen LogP contribution in [-0.4, -0.2) is 42.8 Å². The Morgan fingerprint density at radius 2 is 2.00 bits per heavy atom. The molecule has 0 radical (unpaired) electrons. The third-order valence-corrected chi connectivity index (χ3v) is 4.44. The molecule has 5 heteroatoms. The Bertz CT molecular complexity index is 551. The molecule has 1 aromatic carbocycles. The van der Waals surface area contributed by atoms with Gasteiger partial charge >= 0.3 is 6.09 Å². The smallest absolute Gasteiger partial charge is 0.410 e. The summed E-state index contributed by atoms with van der Waals surface area (Å²) in [7, 11) is 1.68. The fourth-order valence-corrected chi connectivity index (χ4v) is 3.18. The van der Waals surface area contributed by atoms with E-state index in [2.05, 4.69) is 24.4 Å². The summed E-state index contributed by atoms with van der Waals surface area (Å²) in [5, 5.41) is 3.72. The zero-order chi connectivity index (χ0) is 18.4. The lowest BCUT2D eigenvalue weighted by Gasteiger charge is -2.36. The number of ether oxygens (including phenoxy) is 2. The van der Waals surface area contributed by atoms with Crippen molar-refractivity contribution >= 4 is 6.09 Å². The van der Waals surface area contributed by atoms with Gasteiger partial charge in [-0.15, -0.1) is 0 Å².